The fourth-order valence-electron chi connectivity index (χ4n) is 3.84. The SMILES string of the molecule is NCCOCCOCCNC(=O)Cc1ccc(Nc2nc(NCc3ccc(F)cc3)nc(NC3CCC3)n2)cc1. The summed E-state index contributed by atoms with van der Waals surface area (Å²) >= 11 is 0. The van der Waals surface area contributed by atoms with Gasteiger partial charge in [-0.2, -0.15) is 15.0 Å². The van der Waals surface area contributed by atoms with Crippen LogP contribution in [0.3, 0.4) is 0 Å². The number of aromatic nitrogens is 3. The molecule has 0 aliphatic heterocycles. The van der Waals surface area contributed by atoms with E-state index in [-0.39, 0.29) is 18.1 Å². The molecule has 0 saturated heterocycles. The minimum atomic E-state index is -0.278. The Hall–Kier alpha value is -3.87. The normalized spacial score (nSPS) is 12.9. The number of carbonyl (C=O) groups excluding carboxylic acids is 1. The summed E-state index contributed by atoms with van der Waals surface area (Å²) in [5.41, 5.74) is 7.92. The van der Waals surface area contributed by atoms with Crippen LogP contribution in [-0.4, -0.2) is 66.4 Å². The van der Waals surface area contributed by atoms with Gasteiger partial charge in [-0.25, -0.2) is 4.39 Å². The highest BCUT2D eigenvalue weighted by Crippen LogP contribution is 2.23. The van der Waals surface area contributed by atoms with Crippen molar-refractivity contribution in [2.45, 2.75) is 38.3 Å². The second-order valence-electron chi connectivity index (χ2n) is 9.42. The van der Waals surface area contributed by atoms with Gasteiger partial charge in [0, 0.05) is 31.4 Å². The highest BCUT2D eigenvalue weighted by Gasteiger charge is 2.19. The van der Waals surface area contributed by atoms with E-state index in [1.165, 1.54) is 18.6 Å². The lowest BCUT2D eigenvalue weighted by Crippen LogP contribution is -2.29. The van der Waals surface area contributed by atoms with E-state index in [4.69, 9.17) is 15.2 Å². The predicted octanol–water partition coefficient (Wildman–Crippen LogP) is 2.98. The molecule has 12 heteroatoms. The molecule has 0 atom stereocenters. The van der Waals surface area contributed by atoms with Crippen LogP contribution in [-0.2, 0) is 27.2 Å². The number of ether oxygens (including phenoxy) is 2. The first-order valence-electron chi connectivity index (χ1n) is 13.6. The number of amides is 1. The molecule has 214 valence electrons. The highest BCUT2D eigenvalue weighted by molar-refractivity contribution is 5.78. The summed E-state index contributed by atoms with van der Waals surface area (Å²) in [5, 5.41) is 12.6. The third kappa shape index (κ3) is 10.0. The van der Waals surface area contributed by atoms with Crippen LogP contribution in [0.1, 0.15) is 30.4 Å². The summed E-state index contributed by atoms with van der Waals surface area (Å²) in [5.74, 6) is 0.926. The Morgan fingerprint density at radius 3 is 2.25 bits per heavy atom. The van der Waals surface area contributed by atoms with Crippen LogP contribution in [0, 0.1) is 5.82 Å². The molecule has 0 unspecified atom stereocenters. The molecule has 2 aromatic carbocycles. The van der Waals surface area contributed by atoms with E-state index >= 15 is 0 Å². The van der Waals surface area contributed by atoms with Crippen LogP contribution >= 0.6 is 0 Å². The van der Waals surface area contributed by atoms with Gasteiger partial charge >= 0.3 is 0 Å². The van der Waals surface area contributed by atoms with Crippen molar-refractivity contribution in [3.63, 3.8) is 0 Å². The predicted molar refractivity (Wildman–Crippen MR) is 152 cm³/mol. The molecular weight excluding hydrogens is 515 g/mol. The molecule has 1 saturated carbocycles. The molecule has 1 heterocycles. The Kier molecular flexibility index (Phi) is 11.4. The zero-order valence-electron chi connectivity index (χ0n) is 22.5. The van der Waals surface area contributed by atoms with Crippen LogP contribution in [0.2, 0.25) is 0 Å². The van der Waals surface area contributed by atoms with Crippen molar-refractivity contribution in [1.82, 2.24) is 20.3 Å². The van der Waals surface area contributed by atoms with Gasteiger partial charge in [0.2, 0.25) is 23.8 Å². The van der Waals surface area contributed by atoms with Gasteiger partial charge in [0.15, 0.2) is 0 Å². The lowest BCUT2D eigenvalue weighted by Gasteiger charge is -2.26. The lowest BCUT2D eigenvalue weighted by molar-refractivity contribution is -0.120. The maximum absolute atomic E-state index is 13.2. The molecule has 40 heavy (non-hydrogen) atoms. The van der Waals surface area contributed by atoms with Crippen molar-refractivity contribution in [1.29, 1.82) is 0 Å². The topological polar surface area (TPSA) is 148 Å². The summed E-state index contributed by atoms with van der Waals surface area (Å²) in [6.07, 6.45) is 3.61. The molecule has 1 aliphatic carbocycles. The van der Waals surface area contributed by atoms with E-state index in [1.54, 1.807) is 12.1 Å². The molecule has 1 fully saturated rings. The van der Waals surface area contributed by atoms with Crippen LogP contribution < -0.4 is 27.0 Å². The molecule has 3 aromatic rings. The molecule has 1 amide bonds. The van der Waals surface area contributed by atoms with Crippen molar-refractivity contribution in [3.8, 4) is 0 Å². The van der Waals surface area contributed by atoms with Crippen molar-refractivity contribution < 1.29 is 18.7 Å². The minimum absolute atomic E-state index is 0.0789. The van der Waals surface area contributed by atoms with Crippen molar-refractivity contribution >= 4 is 29.4 Å². The molecule has 4 rings (SSSR count). The first-order chi connectivity index (χ1) is 19.6. The number of halogens is 1. The quantitative estimate of drug-likeness (QED) is 0.158. The van der Waals surface area contributed by atoms with E-state index in [0.29, 0.717) is 69.9 Å². The molecule has 6 N–H and O–H groups in total. The Morgan fingerprint density at radius 2 is 1.55 bits per heavy atom. The highest BCUT2D eigenvalue weighted by atomic mass is 19.1. The van der Waals surface area contributed by atoms with Crippen LogP contribution in [0.25, 0.3) is 0 Å². The number of hydrogen-bond donors (Lipinski definition) is 5. The summed E-state index contributed by atoms with van der Waals surface area (Å²) in [7, 11) is 0. The first kappa shape index (κ1) is 29.1. The monoisotopic (exact) mass is 552 g/mol. The smallest absolute Gasteiger partial charge is 0.233 e. The average Bonchev–Trinajstić information content (AvgIpc) is 2.93. The van der Waals surface area contributed by atoms with E-state index in [0.717, 1.165) is 29.7 Å². The number of rotatable bonds is 17. The standard InChI is InChI=1S/C28H37FN8O3/c29-22-8-4-21(5-9-22)19-32-26-35-27(33-23-2-1-3-23)37-28(36-26)34-24-10-6-20(7-11-24)18-25(38)31-13-15-40-17-16-39-14-12-30/h4-11,23H,1-3,12-19,30H2,(H,31,38)(H3,32,33,34,35,36,37). The Labute approximate surface area is 233 Å². The average molecular weight is 553 g/mol. The third-order valence-electron chi connectivity index (χ3n) is 6.22. The third-order valence-corrected chi connectivity index (χ3v) is 6.22. The molecule has 1 aromatic heterocycles. The van der Waals surface area contributed by atoms with Crippen LogP contribution in [0.5, 0.6) is 0 Å². The Morgan fingerprint density at radius 1 is 0.875 bits per heavy atom. The zero-order chi connectivity index (χ0) is 28.0. The van der Waals surface area contributed by atoms with Crippen molar-refractivity contribution in [2.24, 2.45) is 5.73 Å². The summed E-state index contributed by atoms with van der Waals surface area (Å²) in [6, 6.07) is 14.2. The second kappa shape index (κ2) is 15.7. The van der Waals surface area contributed by atoms with E-state index in [1.807, 2.05) is 24.3 Å². The maximum atomic E-state index is 13.2. The number of nitrogens with two attached hydrogens (primary N) is 1. The molecule has 0 spiro atoms. The molecule has 11 nitrogen and oxygen atoms in total. The van der Waals surface area contributed by atoms with Gasteiger partial charge in [0.25, 0.3) is 0 Å². The van der Waals surface area contributed by atoms with E-state index in [9.17, 15) is 9.18 Å². The fraction of sp³-hybridized carbons (Fsp3) is 0.429. The second-order valence-corrected chi connectivity index (χ2v) is 9.42. The number of carbonyl (C=O) groups is 1. The molecule has 0 radical (unpaired) electrons. The van der Waals surface area contributed by atoms with Crippen molar-refractivity contribution in [2.75, 3.05) is 55.5 Å². The van der Waals surface area contributed by atoms with Gasteiger partial charge < -0.3 is 36.5 Å². The number of anilines is 4. The van der Waals surface area contributed by atoms with Gasteiger partial charge in [-0.15, -0.1) is 0 Å². The summed E-state index contributed by atoms with van der Waals surface area (Å²) in [4.78, 5) is 25.8. The Bertz CT molecular complexity index is 1190. The number of nitrogens with one attached hydrogen (secondary N) is 4. The molecular formula is C28H37FN8O3. The van der Waals surface area contributed by atoms with E-state index in [2.05, 4.69) is 36.2 Å². The van der Waals surface area contributed by atoms with Crippen molar-refractivity contribution in [3.05, 3.63) is 65.5 Å². The van der Waals surface area contributed by atoms with E-state index < -0.39 is 0 Å². The van der Waals surface area contributed by atoms with Gasteiger partial charge in [0.1, 0.15) is 5.82 Å². The number of nitrogens with zero attached hydrogens (tertiary/aromatic N) is 3. The van der Waals surface area contributed by atoms with Gasteiger partial charge in [-0.05, 0) is 54.7 Å². The zero-order valence-corrected chi connectivity index (χ0v) is 22.5. The summed E-state index contributed by atoms with van der Waals surface area (Å²) in [6.45, 7) is 3.26. The van der Waals surface area contributed by atoms with Gasteiger partial charge in [-0.3, -0.25) is 4.79 Å². The van der Waals surface area contributed by atoms with Crippen LogP contribution in [0.4, 0.5) is 27.9 Å². The maximum Gasteiger partial charge on any atom is 0.233 e. The fourth-order valence-corrected chi connectivity index (χ4v) is 3.84. The number of hydrogen-bond acceptors (Lipinski definition) is 10. The van der Waals surface area contributed by atoms with Gasteiger partial charge in [-0.1, -0.05) is 24.3 Å². The molecule has 0 bridgehead atoms. The number of benzene rings is 2. The molecule has 1 aliphatic rings. The minimum Gasteiger partial charge on any atom is -0.378 e. The summed E-state index contributed by atoms with van der Waals surface area (Å²) < 4.78 is 23.9. The first-order valence-corrected chi connectivity index (χ1v) is 13.6. The Balaban J connectivity index is 1.28. The van der Waals surface area contributed by atoms with Crippen LogP contribution in [0.15, 0.2) is 48.5 Å². The lowest BCUT2D eigenvalue weighted by atomic mass is 9.93. The largest absolute Gasteiger partial charge is 0.378 e. The van der Waals surface area contributed by atoms with Gasteiger partial charge in [0.05, 0.1) is 32.8 Å².